The van der Waals surface area contributed by atoms with Crippen molar-refractivity contribution in [1.29, 1.82) is 0 Å². The van der Waals surface area contributed by atoms with Gasteiger partial charge in [-0.05, 0) is 53.6 Å². The Balaban J connectivity index is 1.72. The normalized spacial score (nSPS) is 13.7. The fraction of sp³-hybridized carbons (Fsp3) is 0.350. The summed E-state index contributed by atoms with van der Waals surface area (Å²) in [6, 6.07) is 5.71. The first-order chi connectivity index (χ1) is 12.6. The minimum absolute atomic E-state index is 0.00301. The van der Waals surface area contributed by atoms with Crippen LogP contribution in [-0.4, -0.2) is 31.1 Å². The lowest BCUT2D eigenvalue weighted by atomic mass is 10.1. The van der Waals surface area contributed by atoms with Crippen LogP contribution < -0.4 is 9.47 Å². The fourth-order valence-electron chi connectivity index (χ4n) is 2.89. The first kappa shape index (κ1) is 18.8. The van der Waals surface area contributed by atoms with Crippen molar-refractivity contribution in [1.82, 2.24) is 4.90 Å². The third-order valence-corrected chi connectivity index (χ3v) is 5.54. The van der Waals surface area contributed by atoms with Gasteiger partial charge in [0.15, 0.2) is 11.5 Å². The summed E-state index contributed by atoms with van der Waals surface area (Å²) in [4.78, 5) is 15.8. The lowest BCUT2D eigenvalue weighted by molar-refractivity contribution is -0.126. The molecule has 0 fully saturated rings. The lowest BCUT2D eigenvalue weighted by Gasteiger charge is -2.25. The SMILES string of the molecule is CCCOc1c(Cl)cc(C=CC(=O)N2CCc3sccc3C2)cc1OC. The molecule has 6 heteroatoms. The van der Waals surface area contributed by atoms with Crippen LogP contribution in [0.25, 0.3) is 6.08 Å². The molecule has 1 aromatic heterocycles. The number of hydrogen-bond acceptors (Lipinski definition) is 4. The Hall–Kier alpha value is -1.98. The number of benzene rings is 1. The Morgan fingerprint density at radius 2 is 2.27 bits per heavy atom. The zero-order valence-electron chi connectivity index (χ0n) is 15.0. The molecule has 138 valence electrons. The first-order valence-electron chi connectivity index (χ1n) is 8.65. The van der Waals surface area contributed by atoms with Gasteiger partial charge in [0.05, 0.1) is 18.7 Å². The van der Waals surface area contributed by atoms with Crippen molar-refractivity contribution in [2.75, 3.05) is 20.3 Å². The molecule has 1 amide bonds. The van der Waals surface area contributed by atoms with Gasteiger partial charge in [0, 0.05) is 24.0 Å². The van der Waals surface area contributed by atoms with Gasteiger partial charge in [-0.3, -0.25) is 4.79 Å². The number of fused-ring (bicyclic) bond motifs is 1. The summed E-state index contributed by atoms with van der Waals surface area (Å²) in [5.41, 5.74) is 2.06. The maximum Gasteiger partial charge on any atom is 0.246 e. The predicted octanol–water partition coefficient (Wildman–Crippen LogP) is 4.80. The standard InChI is InChI=1S/C20H22ClNO3S/c1-3-9-25-20-16(21)11-14(12-17(20)24-2)4-5-19(23)22-8-6-18-15(13-22)7-10-26-18/h4-5,7,10-12H,3,6,8-9,13H2,1-2H3. The number of amides is 1. The molecule has 0 atom stereocenters. The molecule has 2 heterocycles. The van der Waals surface area contributed by atoms with Crippen molar-refractivity contribution in [2.45, 2.75) is 26.3 Å². The van der Waals surface area contributed by atoms with E-state index < -0.39 is 0 Å². The fourth-order valence-corrected chi connectivity index (χ4v) is 4.05. The second kappa shape index (κ2) is 8.60. The van der Waals surface area contributed by atoms with Crippen molar-refractivity contribution >= 4 is 34.9 Å². The van der Waals surface area contributed by atoms with Crippen molar-refractivity contribution in [3.8, 4) is 11.5 Å². The van der Waals surface area contributed by atoms with Gasteiger partial charge in [0.1, 0.15) is 0 Å². The molecule has 0 bridgehead atoms. The molecule has 0 radical (unpaired) electrons. The van der Waals surface area contributed by atoms with Gasteiger partial charge in [0.25, 0.3) is 0 Å². The molecule has 2 aromatic rings. The zero-order chi connectivity index (χ0) is 18.5. The Labute approximate surface area is 163 Å². The minimum atomic E-state index is 0.00301. The van der Waals surface area contributed by atoms with Crippen LogP contribution >= 0.6 is 22.9 Å². The molecule has 0 saturated carbocycles. The molecular weight excluding hydrogens is 370 g/mol. The predicted molar refractivity (Wildman–Crippen MR) is 106 cm³/mol. The summed E-state index contributed by atoms with van der Waals surface area (Å²) in [7, 11) is 1.58. The molecule has 0 unspecified atom stereocenters. The third-order valence-electron chi connectivity index (χ3n) is 4.24. The van der Waals surface area contributed by atoms with Crippen LogP contribution in [0.2, 0.25) is 5.02 Å². The maximum absolute atomic E-state index is 12.5. The Morgan fingerprint density at radius 3 is 3.04 bits per heavy atom. The van der Waals surface area contributed by atoms with Gasteiger partial charge in [-0.25, -0.2) is 0 Å². The Kier molecular flexibility index (Phi) is 6.22. The highest BCUT2D eigenvalue weighted by Gasteiger charge is 2.20. The largest absolute Gasteiger partial charge is 0.493 e. The quantitative estimate of drug-likeness (QED) is 0.664. The van der Waals surface area contributed by atoms with E-state index in [1.54, 1.807) is 36.7 Å². The summed E-state index contributed by atoms with van der Waals surface area (Å²) in [6.45, 7) is 4.03. The summed E-state index contributed by atoms with van der Waals surface area (Å²) in [6.07, 6.45) is 5.17. The van der Waals surface area contributed by atoms with Crippen LogP contribution in [-0.2, 0) is 17.8 Å². The molecule has 26 heavy (non-hydrogen) atoms. The van der Waals surface area contributed by atoms with E-state index in [1.807, 2.05) is 17.9 Å². The number of carbonyl (C=O) groups is 1. The highest BCUT2D eigenvalue weighted by molar-refractivity contribution is 7.10. The topological polar surface area (TPSA) is 38.8 Å². The summed E-state index contributed by atoms with van der Waals surface area (Å²) >= 11 is 8.09. The number of hydrogen-bond donors (Lipinski definition) is 0. The third kappa shape index (κ3) is 4.22. The second-order valence-corrected chi connectivity index (χ2v) is 7.50. The van der Waals surface area contributed by atoms with E-state index in [1.165, 1.54) is 10.4 Å². The first-order valence-corrected chi connectivity index (χ1v) is 9.90. The average molecular weight is 392 g/mol. The number of ether oxygens (including phenoxy) is 2. The summed E-state index contributed by atoms with van der Waals surface area (Å²) in [5, 5.41) is 2.57. The Bertz CT molecular complexity index is 815. The van der Waals surface area contributed by atoms with Gasteiger partial charge in [-0.2, -0.15) is 0 Å². The van der Waals surface area contributed by atoms with Crippen LogP contribution in [0.3, 0.4) is 0 Å². The van der Waals surface area contributed by atoms with Gasteiger partial charge in [-0.15, -0.1) is 11.3 Å². The highest BCUT2D eigenvalue weighted by atomic mass is 35.5. The number of halogens is 1. The highest BCUT2D eigenvalue weighted by Crippen LogP contribution is 2.37. The van der Waals surface area contributed by atoms with E-state index in [9.17, 15) is 4.79 Å². The van der Waals surface area contributed by atoms with Crippen molar-refractivity contribution in [2.24, 2.45) is 0 Å². The van der Waals surface area contributed by atoms with Crippen LogP contribution in [0.1, 0.15) is 29.3 Å². The van der Waals surface area contributed by atoms with Gasteiger partial charge in [0.2, 0.25) is 5.91 Å². The van der Waals surface area contributed by atoms with E-state index in [4.69, 9.17) is 21.1 Å². The van der Waals surface area contributed by atoms with E-state index in [-0.39, 0.29) is 5.91 Å². The number of thiophene rings is 1. The monoisotopic (exact) mass is 391 g/mol. The minimum Gasteiger partial charge on any atom is -0.493 e. The van der Waals surface area contributed by atoms with E-state index in [2.05, 4.69) is 11.4 Å². The van der Waals surface area contributed by atoms with Crippen LogP contribution in [0, 0.1) is 0 Å². The summed E-state index contributed by atoms with van der Waals surface area (Å²) < 4.78 is 11.0. The molecule has 0 aliphatic carbocycles. The zero-order valence-corrected chi connectivity index (χ0v) is 16.5. The number of nitrogens with zero attached hydrogens (tertiary/aromatic N) is 1. The summed E-state index contributed by atoms with van der Waals surface area (Å²) in [5.74, 6) is 1.11. The number of rotatable bonds is 6. The van der Waals surface area contributed by atoms with E-state index >= 15 is 0 Å². The van der Waals surface area contributed by atoms with Crippen molar-refractivity contribution in [3.05, 3.63) is 50.7 Å². The molecule has 1 aliphatic rings. The van der Waals surface area contributed by atoms with Crippen LogP contribution in [0.15, 0.2) is 29.7 Å². The molecule has 4 nitrogen and oxygen atoms in total. The van der Waals surface area contributed by atoms with Crippen molar-refractivity contribution < 1.29 is 14.3 Å². The molecule has 0 N–H and O–H groups in total. The van der Waals surface area contributed by atoms with Gasteiger partial charge >= 0.3 is 0 Å². The molecule has 1 aliphatic heterocycles. The molecule has 0 spiro atoms. The molecule has 3 rings (SSSR count). The van der Waals surface area contributed by atoms with E-state index in [0.29, 0.717) is 29.7 Å². The maximum atomic E-state index is 12.5. The molecular formula is C20H22ClNO3S. The van der Waals surface area contributed by atoms with Crippen LogP contribution in [0.5, 0.6) is 11.5 Å². The second-order valence-electron chi connectivity index (χ2n) is 6.09. The van der Waals surface area contributed by atoms with E-state index in [0.717, 1.165) is 24.9 Å². The smallest absolute Gasteiger partial charge is 0.246 e. The number of carbonyl (C=O) groups excluding carboxylic acids is 1. The molecule has 0 saturated heterocycles. The van der Waals surface area contributed by atoms with Gasteiger partial charge < -0.3 is 14.4 Å². The van der Waals surface area contributed by atoms with Crippen molar-refractivity contribution in [3.63, 3.8) is 0 Å². The number of methoxy groups -OCH3 is 1. The van der Waals surface area contributed by atoms with Gasteiger partial charge in [-0.1, -0.05) is 18.5 Å². The lowest BCUT2D eigenvalue weighted by Crippen LogP contribution is -2.34. The average Bonchev–Trinajstić information content (AvgIpc) is 3.12. The molecule has 1 aromatic carbocycles. The van der Waals surface area contributed by atoms with Crippen LogP contribution in [0.4, 0.5) is 0 Å². The Morgan fingerprint density at radius 1 is 1.42 bits per heavy atom.